The van der Waals surface area contributed by atoms with Gasteiger partial charge in [0, 0.05) is 19.1 Å². The summed E-state index contributed by atoms with van der Waals surface area (Å²) >= 11 is 0. The lowest BCUT2D eigenvalue weighted by molar-refractivity contribution is 0.480. The predicted octanol–water partition coefficient (Wildman–Crippen LogP) is 0.891. The summed E-state index contributed by atoms with van der Waals surface area (Å²) in [6.45, 7) is 2.67. The van der Waals surface area contributed by atoms with E-state index in [0.717, 1.165) is 30.0 Å². The fourth-order valence-corrected chi connectivity index (χ4v) is 2.07. The maximum Gasteiger partial charge on any atom is 0.0576 e. The molecule has 0 spiro atoms. The third-order valence-electron chi connectivity index (χ3n) is 3.01. The molecule has 1 saturated heterocycles. The van der Waals surface area contributed by atoms with Crippen LogP contribution < -0.4 is 22.1 Å². The van der Waals surface area contributed by atoms with Crippen molar-refractivity contribution in [3.8, 4) is 0 Å². The smallest absolute Gasteiger partial charge is 0.0576 e. The van der Waals surface area contributed by atoms with Crippen LogP contribution in [0.15, 0.2) is 18.2 Å². The van der Waals surface area contributed by atoms with Crippen LogP contribution in [0.5, 0.6) is 0 Å². The molecular formula is C12H20N4. The molecule has 0 radical (unpaired) electrons. The van der Waals surface area contributed by atoms with Gasteiger partial charge in [-0.15, -0.1) is 0 Å². The lowest BCUT2D eigenvalue weighted by Gasteiger charge is -2.25. The van der Waals surface area contributed by atoms with Gasteiger partial charge < -0.3 is 22.1 Å². The molecule has 1 aromatic rings. The molecule has 1 heterocycles. The molecule has 4 nitrogen and oxygen atoms in total. The molecule has 1 atom stereocenters. The highest BCUT2D eigenvalue weighted by Crippen LogP contribution is 2.21. The van der Waals surface area contributed by atoms with Gasteiger partial charge in [-0.05, 0) is 37.1 Å². The number of nitrogens with one attached hydrogen (secondary N) is 2. The Morgan fingerprint density at radius 1 is 1.44 bits per heavy atom. The number of nitrogen functional groups attached to an aromatic ring is 1. The predicted molar refractivity (Wildman–Crippen MR) is 68.3 cm³/mol. The quantitative estimate of drug-likeness (QED) is 0.571. The number of benzene rings is 1. The van der Waals surface area contributed by atoms with E-state index in [4.69, 9.17) is 11.5 Å². The monoisotopic (exact) mass is 220 g/mol. The fourth-order valence-electron chi connectivity index (χ4n) is 2.07. The van der Waals surface area contributed by atoms with Crippen LogP contribution in [0.3, 0.4) is 0 Å². The van der Waals surface area contributed by atoms with Crippen LogP contribution in [0.4, 0.5) is 11.4 Å². The fraction of sp³-hybridized carbons (Fsp3) is 0.500. The molecule has 0 aliphatic carbocycles. The molecule has 1 aliphatic heterocycles. The Hall–Kier alpha value is -1.26. The summed E-state index contributed by atoms with van der Waals surface area (Å²) in [5, 5.41) is 6.85. The molecule has 1 aromatic carbocycles. The van der Waals surface area contributed by atoms with E-state index in [9.17, 15) is 0 Å². The first kappa shape index (κ1) is 11.2. The van der Waals surface area contributed by atoms with Crippen molar-refractivity contribution < 1.29 is 0 Å². The van der Waals surface area contributed by atoms with Crippen molar-refractivity contribution in [3.05, 3.63) is 23.8 Å². The summed E-state index contributed by atoms with van der Waals surface area (Å²) < 4.78 is 0. The molecule has 0 bridgehead atoms. The van der Waals surface area contributed by atoms with E-state index >= 15 is 0 Å². The number of hydrogen-bond acceptors (Lipinski definition) is 4. The standard InChI is InChI=1S/C12H20N4/c13-7-9-3-4-12(11(14)6-9)16-10-2-1-5-15-8-10/h3-4,6,10,15-16H,1-2,5,7-8,13-14H2. The van der Waals surface area contributed by atoms with Crippen LogP contribution in [-0.4, -0.2) is 19.1 Å². The second-order valence-corrected chi connectivity index (χ2v) is 4.31. The lowest BCUT2D eigenvalue weighted by Crippen LogP contribution is -2.38. The van der Waals surface area contributed by atoms with E-state index in [-0.39, 0.29) is 0 Å². The SMILES string of the molecule is NCc1ccc(NC2CCCNC2)c(N)c1. The summed E-state index contributed by atoms with van der Waals surface area (Å²) in [4.78, 5) is 0. The zero-order valence-corrected chi connectivity index (χ0v) is 9.50. The topological polar surface area (TPSA) is 76.1 Å². The van der Waals surface area contributed by atoms with Crippen LogP contribution in [0, 0.1) is 0 Å². The van der Waals surface area contributed by atoms with Crippen LogP contribution >= 0.6 is 0 Å². The summed E-state index contributed by atoms with van der Waals surface area (Å²) in [6, 6.07) is 6.47. The lowest BCUT2D eigenvalue weighted by atomic mass is 10.1. The van der Waals surface area contributed by atoms with E-state index in [1.165, 1.54) is 12.8 Å². The molecule has 16 heavy (non-hydrogen) atoms. The van der Waals surface area contributed by atoms with Crippen LogP contribution in [0.1, 0.15) is 18.4 Å². The summed E-state index contributed by atoms with van der Waals surface area (Å²) in [6.07, 6.45) is 2.42. The molecule has 0 saturated carbocycles. The molecular weight excluding hydrogens is 200 g/mol. The molecule has 1 aliphatic rings. The van der Waals surface area contributed by atoms with E-state index < -0.39 is 0 Å². The van der Waals surface area contributed by atoms with Gasteiger partial charge in [0.15, 0.2) is 0 Å². The minimum absolute atomic E-state index is 0.486. The van der Waals surface area contributed by atoms with Gasteiger partial charge in [-0.25, -0.2) is 0 Å². The number of rotatable bonds is 3. The number of hydrogen-bond donors (Lipinski definition) is 4. The third kappa shape index (κ3) is 2.65. The van der Waals surface area contributed by atoms with Crippen LogP contribution in [0.2, 0.25) is 0 Å². The van der Waals surface area contributed by atoms with Crippen LogP contribution in [0.25, 0.3) is 0 Å². The minimum Gasteiger partial charge on any atom is -0.397 e. The number of anilines is 2. The second-order valence-electron chi connectivity index (χ2n) is 4.31. The van der Waals surface area contributed by atoms with Gasteiger partial charge in [-0.3, -0.25) is 0 Å². The van der Waals surface area contributed by atoms with Crippen molar-refractivity contribution in [2.24, 2.45) is 5.73 Å². The van der Waals surface area contributed by atoms with Gasteiger partial charge in [0.05, 0.1) is 11.4 Å². The molecule has 1 fully saturated rings. The molecule has 2 rings (SSSR count). The Balaban J connectivity index is 2.03. The van der Waals surface area contributed by atoms with Gasteiger partial charge in [0.25, 0.3) is 0 Å². The van der Waals surface area contributed by atoms with E-state index in [0.29, 0.717) is 12.6 Å². The first-order valence-electron chi connectivity index (χ1n) is 5.85. The molecule has 1 unspecified atom stereocenters. The zero-order chi connectivity index (χ0) is 11.4. The first-order valence-corrected chi connectivity index (χ1v) is 5.85. The van der Waals surface area contributed by atoms with E-state index in [2.05, 4.69) is 10.6 Å². The molecule has 88 valence electrons. The number of nitrogens with two attached hydrogens (primary N) is 2. The maximum atomic E-state index is 5.98. The van der Waals surface area contributed by atoms with Gasteiger partial charge in [0.2, 0.25) is 0 Å². The average molecular weight is 220 g/mol. The van der Waals surface area contributed by atoms with Crippen molar-refractivity contribution in [2.75, 3.05) is 24.1 Å². The molecule has 0 amide bonds. The Morgan fingerprint density at radius 3 is 2.94 bits per heavy atom. The highest BCUT2D eigenvalue weighted by Gasteiger charge is 2.13. The molecule has 4 heteroatoms. The Labute approximate surface area is 96.4 Å². The van der Waals surface area contributed by atoms with E-state index in [1.54, 1.807) is 0 Å². The highest BCUT2D eigenvalue weighted by atomic mass is 15.0. The minimum atomic E-state index is 0.486. The highest BCUT2D eigenvalue weighted by molar-refractivity contribution is 5.67. The normalized spacial score (nSPS) is 20.7. The third-order valence-corrected chi connectivity index (χ3v) is 3.01. The Morgan fingerprint density at radius 2 is 2.31 bits per heavy atom. The Bertz CT molecular complexity index is 345. The average Bonchev–Trinajstić information content (AvgIpc) is 2.33. The van der Waals surface area contributed by atoms with Crippen molar-refractivity contribution in [2.45, 2.75) is 25.4 Å². The van der Waals surface area contributed by atoms with Crippen molar-refractivity contribution in [1.82, 2.24) is 5.32 Å². The van der Waals surface area contributed by atoms with E-state index in [1.807, 2.05) is 18.2 Å². The Kier molecular flexibility index (Phi) is 3.64. The van der Waals surface area contributed by atoms with Gasteiger partial charge in [-0.1, -0.05) is 6.07 Å². The van der Waals surface area contributed by atoms with Crippen LogP contribution in [-0.2, 0) is 6.54 Å². The molecule has 6 N–H and O–H groups in total. The van der Waals surface area contributed by atoms with Gasteiger partial charge in [0.1, 0.15) is 0 Å². The summed E-state index contributed by atoms with van der Waals surface area (Å²) in [5.74, 6) is 0. The van der Waals surface area contributed by atoms with Crippen molar-refractivity contribution in [3.63, 3.8) is 0 Å². The first-order chi connectivity index (χ1) is 7.79. The molecule has 0 aromatic heterocycles. The maximum absolute atomic E-state index is 5.98. The van der Waals surface area contributed by atoms with Gasteiger partial charge in [-0.2, -0.15) is 0 Å². The van der Waals surface area contributed by atoms with Gasteiger partial charge >= 0.3 is 0 Å². The second kappa shape index (κ2) is 5.18. The zero-order valence-electron chi connectivity index (χ0n) is 9.50. The number of piperidine rings is 1. The largest absolute Gasteiger partial charge is 0.397 e. The van der Waals surface area contributed by atoms with Crippen molar-refractivity contribution >= 4 is 11.4 Å². The summed E-state index contributed by atoms with van der Waals surface area (Å²) in [5.41, 5.74) is 14.4. The summed E-state index contributed by atoms with van der Waals surface area (Å²) in [7, 11) is 0. The van der Waals surface area contributed by atoms with Crippen molar-refractivity contribution in [1.29, 1.82) is 0 Å².